The van der Waals surface area contributed by atoms with Crippen molar-refractivity contribution in [2.75, 3.05) is 19.7 Å². The van der Waals surface area contributed by atoms with Crippen LogP contribution in [0.4, 0.5) is 13.2 Å². The number of nitrogens with zero attached hydrogens (tertiary/aromatic N) is 1. The van der Waals surface area contributed by atoms with Crippen molar-refractivity contribution in [3.8, 4) is 0 Å². The van der Waals surface area contributed by atoms with Gasteiger partial charge in [-0.1, -0.05) is 6.42 Å². The Bertz CT molecular complexity index is 937. The molecule has 10 nitrogen and oxygen atoms in total. The second kappa shape index (κ2) is 9.98. The second-order valence-corrected chi connectivity index (χ2v) is 10.5. The Hall–Kier alpha value is -2.70. The minimum atomic E-state index is -5.04. The molecule has 0 aromatic heterocycles. The molecule has 200 valence electrons. The quantitative estimate of drug-likeness (QED) is 0.400. The van der Waals surface area contributed by atoms with E-state index in [9.17, 15) is 37.1 Å². The van der Waals surface area contributed by atoms with Gasteiger partial charge < -0.3 is 20.9 Å². The topological polar surface area (TPSA) is 134 Å². The molecule has 3 N–H and O–H groups in total. The van der Waals surface area contributed by atoms with Crippen molar-refractivity contribution >= 4 is 29.4 Å². The van der Waals surface area contributed by atoms with Crippen LogP contribution in [-0.4, -0.2) is 78.0 Å². The van der Waals surface area contributed by atoms with Gasteiger partial charge in [0, 0.05) is 24.5 Å². The van der Waals surface area contributed by atoms with E-state index in [0.717, 1.165) is 25.7 Å². The van der Waals surface area contributed by atoms with E-state index >= 15 is 0 Å². The first-order valence-electron chi connectivity index (χ1n) is 12.3. The molecule has 13 heteroatoms. The van der Waals surface area contributed by atoms with E-state index in [1.807, 2.05) is 6.92 Å². The summed E-state index contributed by atoms with van der Waals surface area (Å²) in [7, 11) is 0. The number of ether oxygens (including phenoxy) is 1. The van der Waals surface area contributed by atoms with Gasteiger partial charge in [-0.05, 0) is 57.3 Å². The average Bonchev–Trinajstić information content (AvgIpc) is 3.12. The molecule has 0 aromatic rings. The highest BCUT2D eigenvalue weighted by atomic mass is 19.4. The number of hydrogen-bond acceptors (Lipinski definition) is 6. The van der Waals surface area contributed by atoms with Crippen molar-refractivity contribution in [2.45, 2.75) is 75.9 Å². The molecule has 0 bridgehead atoms. The van der Waals surface area contributed by atoms with E-state index in [4.69, 9.17) is 0 Å². The lowest BCUT2D eigenvalue weighted by Gasteiger charge is -2.29. The monoisotopic (exact) mass is 516 g/mol. The fraction of sp³-hybridized carbons (Fsp3) is 0.783. The van der Waals surface area contributed by atoms with Gasteiger partial charge >= 0.3 is 18.2 Å². The molecular formula is C23H31F3N4O6. The maximum Gasteiger partial charge on any atom is 0.522 e. The number of Topliss-reactive ketones (excluding diaryl/α,β-unsaturated/α-hetero) is 1. The van der Waals surface area contributed by atoms with Crippen LogP contribution in [0.25, 0.3) is 0 Å². The number of likely N-dealkylation sites (tertiary alicyclic amines) is 1. The lowest BCUT2D eigenvalue weighted by Crippen LogP contribution is -2.56. The predicted octanol–water partition coefficient (Wildman–Crippen LogP) is 0.399. The van der Waals surface area contributed by atoms with Gasteiger partial charge in [0.15, 0.2) is 5.78 Å². The summed E-state index contributed by atoms with van der Waals surface area (Å²) in [6, 6.07) is -2.44. The molecule has 2 saturated carbocycles. The average molecular weight is 517 g/mol. The third-order valence-corrected chi connectivity index (χ3v) is 7.80. The standard InChI is InChI=1S/C23H31F3N4O6/c1-22(6-7-22)29-20(34)21(35)30-10-13-3-2-4-14(13)17(30)19(33)28-15(9-12-5-8-27-18(12)32)16(31)11-36-23(24,25)26/h12-15,17H,2-11H2,1H3,(H,27,32)(H,28,33)(H,29,34)/t12-,13-,14-,15?,17-/m0/s1. The van der Waals surface area contributed by atoms with Crippen LogP contribution < -0.4 is 16.0 Å². The fourth-order valence-electron chi connectivity index (χ4n) is 5.56. The van der Waals surface area contributed by atoms with Crippen LogP contribution in [0, 0.1) is 17.8 Å². The SMILES string of the molecule is CC1(NC(=O)C(=O)N2C[C@@H]3CCC[C@@H]3[C@H]2C(=O)NC(C[C@@H]2CCNC2=O)C(=O)COC(F)(F)F)CC1. The summed E-state index contributed by atoms with van der Waals surface area (Å²) in [4.78, 5) is 64.9. The van der Waals surface area contributed by atoms with E-state index in [2.05, 4.69) is 20.7 Å². The van der Waals surface area contributed by atoms with Crippen molar-refractivity contribution in [3.05, 3.63) is 0 Å². The summed E-state index contributed by atoms with van der Waals surface area (Å²) in [5.41, 5.74) is -0.433. The van der Waals surface area contributed by atoms with Crippen LogP contribution in [0.5, 0.6) is 0 Å². The zero-order chi connectivity index (χ0) is 26.3. The zero-order valence-corrected chi connectivity index (χ0v) is 20.0. The van der Waals surface area contributed by atoms with E-state index in [-0.39, 0.29) is 30.7 Å². The molecule has 4 rings (SSSR count). The molecule has 4 amide bonds. The number of carbonyl (C=O) groups is 5. The van der Waals surface area contributed by atoms with Gasteiger partial charge in [-0.3, -0.25) is 28.7 Å². The van der Waals surface area contributed by atoms with Crippen LogP contribution >= 0.6 is 0 Å². The fourth-order valence-corrected chi connectivity index (χ4v) is 5.56. The molecule has 4 aliphatic rings. The number of rotatable bonds is 8. The molecule has 4 fully saturated rings. The molecule has 0 spiro atoms. The van der Waals surface area contributed by atoms with Gasteiger partial charge in [-0.15, -0.1) is 13.2 Å². The minimum Gasteiger partial charge on any atom is -0.356 e. The third kappa shape index (κ3) is 5.98. The van der Waals surface area contributed by atoms with E-state index in [1.54, 1.807) is 0 Å². The van der Waals surface area contributed by atoms with Gasteiger partial charge in [0.05, 0.1) is 6.04 Å². The van der Waals surface area contributed by atoms with E-state index < -0.39 is 60.0 Å². The minimum absolute atomic E-state index is 0.0114. The molecule has 1 unspecified atom stereocenters. The normalized spacial score (nSPS) is 29.3. The number of fused-ring (bicyclic) bond motifs is 1. The molecule has 5 atom stereocenters. The highest BCUT2D eigenvalue weighted by Crippen LogP contribution is 2.42. The molecule has 36 heavy (non-hydrogen) atoms. The molecule has 2 aliphatic carbocycles. The number of nitrogens with one attached hydrogen (secondary N) is 3. The summed E-state index contributed by atoms with van der Waals surface area (Å²) in [6.07, 6.45) is -1.09. The lowest BCUT2D eigenvalue weighted by atomic mass is 9.92. The van der Waals surface area contributed by atoms with Gasteiger partial charge in [0.25, 0.3) is 0 Å². The predicted molar refractivity (Wildman–Crippen MR) is 117 cm³/mol. The molecule has 2 heterocycles. The van der Waals surface area contributed by atoms with Gasteiger partial charge in [0.2, 0.25) is 11.8 Å². The Kier molecular flexibility index (Phi) is 7.31. The third-order valence-electron chi connectivity index (χ3n) is 7.80. The number of amides is 4. The smallest absolute Gasteiger partial charge is 0.356 e. The molecule has 2 aliphatic heterocycles. The van der Waals surface area contributed by atoms with Crippen LogP contribution in [0.2, 0.25) is 0 Å². The molecule has 0 radical (unpaired) electrons. The van der Waals surface area contributed by atoms with Crippen molar-refractivity contribution in [1.82, 2.24) is 20.9 Å². The van der Waals surface area contributed by atoms with Crippen LogP contribution in [0.15, 0.2) is 0 Å². The Morgan fingerprint density at radius 3 is 2.53 bits per heavy atom. The summed E-state index contributed by atoms with van der Waals surface area (Å²) >= 11 is 0. The first-order valence-corrected chi connectivity index (χ1v) is 12.3. The number of halogens is 3. The maximum absolute atomic E-state index is 13.4. The lowest BCUT2D eigenvalue weighted by molar-refractivity contribution is -0.321. The summed E-state index contributed by atoms with van der Waals surface area (Å²) in [5, 5.41) is 7.79. The summed E-state index contributed by atoms with van der Waals surface area (Å²) < 4.78 is 41.3. The van der Waals surface area contributed by atoms with E-state index in [0.29, 0.717) is 19.4 Å². The highest BCUT2D eigenvalue weighted by molar-refractivity contribution is 6.35. The van der Waals surface area contributed by atoms with Crippen LogP contribution in [-0.2, 0) is 28.7 Å². The Morgan fingerprint density at radius 1 is 1.19 bits per heavy atom. The van der Waals surface area contributed by atoms with Gasteiger partial charge in [-0.25, -0.2) is 0 Å². The number of alkyl halides is 3. The molecular weight excluding hydrogens is 485 g/mol. The summed E-state index contributed by atoms with van der Waals surface area (Å²) in [6.45, 7) is 1.08. The van der Waals surface area contributed by atoms with Crippen molar-refractivity contribution in [2.24, 2.45) is 17.8 Å². The Labute approximate surface area is 206 Å². The van der Waals surface area contributed by atoms with Crippen molar-refractivity contribution < 1.29 is 41.9 Å². The van der Waals surface area contributed by atoms with E-state index in [1.165, 1.54) is 4.90 Å². The van der Waals surface area contributed by atoms with Gasteiger partial charge in [0.1, 0.15) is 12.6 Å². The second-order valence-electron chi connectivity index (χ2n) is 10.5. The molecule has 0 aromatic carbocycles. The zero-order valence-electron chi connectivity index (χ0n) is 20.0. The summed E-state index contributed by atoms with van der Waals surface area (Å²) in [5.74, 6) is -4.61. The number of hydrogen-bond donors (Lipinski definition) is 3. The van der Waals surface area contributed by atoms with Crippen molar-refractivity contribution in [3.63, 3.8) is 0 Å². The molecule has 2 saturated heterocycles. The maximum atomic E-state index is 13.4. The van der Waals surface area contributed by atoms with Crippen LogP contribution in [0.3, 0.4) is 0 Å². The van der Waals surface area contributed by atoms with Gasteiger partial charge in [-0.2, -0.15) is 0 Å². The number of carbonyl (C=O) groups excluding carboxylic acids is 5. The first-order chi connectivity index (χ1) is 16.9. The number of ketones is 1. The van der Waals surface area contributed by atoms with Crippen LogP contribution in [0.1, 0.15) is 51.9 Å². The largest absolute Gasteiger partial charge is 0.522 e. The first kappa shape index (κ1) is 26.4. The highest BCUT2D eigenvalue weighted by Gasteiger charge is 2.52. The Balaban J connectivity index is 1.49. The Morgan fingerprint density at radius 2 is 1.92 bits per heavy atom. The van der Waals surface area contributed by atoms with Crippen molar-refractivity contribution in [1.29, 1.82) is 0 Å².